The van der Waals surface area contributed by atoms with Crippen molar-refractivity contribution >= 4 is 27.0 Å². The zero-order valence-electron chi connectivity index (χ0n) is 14.8. The van der Waals surface area contributed by atoms with Gasteiger partial charge >= 0.3 is 0 Å². The number of benzene rings is 2. The average molecular weight is 388 g/mol. The summed E-state index contributed by atoms with van der Waals surface area (Å²) in [6.45, 7) is 2.34. The number of sulfonamides is 1. The maximum atomic E-state index is 12.3. The standard InChI is InChI=1S/C18H20N4O4S/c1-2-26-14-7-9-15(10-8-14)27(24,25)20-12-11-18(23)21-22-13-19-16-5-3-4-6-17(16)22/h3-10,13,20H,2,11-12H2,1H3,(H,21,23). The van der Waals surface area contributed by atoms with E-state index in [2.05, 4.69) is 15.1 Å². The number of rotatable bonds is 8. The Morgan fingerprint density at radius 1 is 1.15 bits per heavy atom. The van der Waals surface area contributed by atoms with Gasteiger partial charge in [-0.1, -0.05) is 12.1 Å². The van der Waals surface area contributed by atoms with Crippen LogP contribution in [0.1, 0.15) is 13.3 Å². The van der Waals surface area contributed by atoms with E-state index in [1.54, 1.807) is 12.1 Å². The van der Waals surface area contributed by atoms with Gasteiger partial charge in [-0.05, 0) is 43.3 Å². The molecule has 0 bridgehead atoms. The van der Waals surface area contributed by atoms with Gasteiger partial charge in [-0.25, -0.2) is 22.8 Å². The molecule has 27 heavy (non-hydrogen) atoms. The molecule has 9 heteroatoms. The molecule has 8 nitrogen and oxygen atoms in total. The van der Waals surface area contributed by atoms with Crippen molar-refractivity contribution in [2.45, 2.75) is 18.2 Å². The Morgan fingerprint density at radius 3 is 2.63 bits per heavy atom. The number of ether oxygens (including phenoxy) is 1. The third-order valence-electron chi connectivity index (χ3n) is 3.79. The summed E-state index contributed by atoms with van der Waals surface area (Å²) >= 11 is 0. The van der Waals surface area contributed by atoms with Crippen LogP contribution in [-0.4, -0.2) is 37.1 Å². The first-order chi connectivity index (χ1) is 13.0. The maximum Gasteiger partial charge on any atom is 0.240 e. The molecule has 1 heterocycles. The lowest BCUT2D eigenvalue weighted by Crippen LogP contribution is -2.30. The van der Waals surface area contributed by atoms with Crippen molar-refractivity contribution in [1.29, 1.82) is 0 Å². The van der Waals surface area contributed by atoms with Crippen molar-refractivity contribution in [1.82, 2.24) is 14.4 Å². The van der Waals surface area contributed by atoms with Gasteiger partial charge in [0.2, 0.25) is 15.9 Å². The lowest BCUT2D eigenvalue weighted by molar-refractivity contribution is -0.116. The minimum Gasteiger partial charge on any atom is -0.494 e. The van der Waals surface area contributed by atoms with E-state index in [0.29, 0.717) is 12.4 Å². The van der Waals surface area contributed by atoms with Crippen molar-refractivity contribution in [3.05, 3.63) is 54.9 Å². The van der Waals surface area contributed by atoms with E-state index in [1.807, 2.05) is 31.2 Å². The molecule has 0 atom stereocenters. The van der Waals surface area contributed by atoms with Gasteiger partial charge in [0.25, 0.3) is 0 Å². The number of hydrogen-bond acceptors (Lipinski definition) is 5. The maximum absolute atomic E-state index is 12.3. The summed E-state index contributed by atoms with van der Waals surface area (Å²) in [5, 5.41) is 0. The Balaban J connectivity index is 1.54. The lowest BCUT2D eigenvalue weighted by Gasteiger charge is -2.09. The van der Waals surface area contributed by atoms with Crippen LogP contribution in [0, 0.1) is 0 Å². The normalized spacial score (nSPS) is 11.4. The molecule has 0 spiro atoms. The summed E-state index contributed by atoms with van der Waals surface area (Å²) in [6, 6.07) is 13.5. The van der Waals surface area contributed by atoms with Gasteiger partial charge in [-0.2, -0.15) is 0 Å². The number of fused-ring (bicyclic) bond motifs is 1. The van der Waals surface area contributed by atoms with Crippen molar-refractivity contribution in [2.24, 2.45) is 0 Å². The summed E-state index contributed by atoms with van der Waals surface area (Å²) < 4.78 is 33.8. The first-order valence-corrected chi connectivity index (χ1v) is 9.92. The second kappa shape index (κ2) is 8.19. The third kappa shape index (κ3) is 4.63. The van der Waals surface area contributed by atoms with E-state index in [0.717, 1.165) is 11.0 Å². The molecule has 2 aromatic carbocycles. The molecular formula is C18H20N4O4S. The second-order valence-electron chi connectivity index (χ2n) is 5.69. The van der Waals surface area contributed by atoms with Gasteiger partial charge in [0.05, 0.1) is 22.5 Å². The average Bonchev–Trinajstić information content (AvgIpc) is 3.05. The lowest BCUT2D eigenvalue weighted by atomic mass is 10.3. The first-order valence-electron chi connectivity index (χ1n) is 8.44. The van der Waals surface area contributed by atoms with E-state index >= 15 is 0 Å². The number of carbonyl (C=O) groups is 1. The minimum atomic E-state index is -3.69. The molecule has 1 amide bonds. The van der Waals surface area contributed by atoms with E-state index in [-0.39, 0.29) is 23.8 Å². The van der Waals surface area contributed by atoms with Crippen LogP contribution in [0.3, 0.4) is 0 Å². The SMILES string of the molecule is CCOc1ccc(S(=O)(=O)NCCC(=O)Nn2cnc3ccccc32)cc1. The zero-order valence-corrected chi connectivity index (χ0v) is 15.6. The van der Waals surface area contributed by atoms with Crippen LogP contribution in [-0.2, 0) is 14.8 Å². The Labute approximate surface area is 157 Å². The Kier molecular flexibility index (Phi) is 5.72. The van der Waals surface area contributed by atoms with Crippen LogP contribution in [0.15, 0.2) is 59.8 Å². The molecule has 0 aliphatic rings. The van der Waals surface area contributed by atoms with Gasteiger partial charge in [0, 0.05) is 13.0 Å². The van der Waals surface area contributed by atoms with Crippen molar-refractivity contribution in [3.63, 3.8) is 0 Å². The van der Waals surface area contributed by atoms with E-state index in [1.165, 1.54) is 23.1 Å². The molecule has 0 saturated carbocycles. The minimum absolute atomic E-state index is 0.0111. The number of carbonyl (C=O) groups excluding carboxylic acids is 1. The second-order valence-corrected chi connectivity index (χ2v) is 7.46. The van der Waals surface area contributed by atoms with E-state index in [4.69, 9.17) is 4.74 Å². The van der Waals surface area contributed by atoms with Crippen molar-refractivity contribution in [3.8, 4) is 5.75 Å². The highest BCUT2D eigenvalue weighted by atomic mass is 32.2. The summed E-state index contributed by atoms with van der Waals surface area (Å²) in [4.78, 5) is 16.4. The molecule has 2 N–H and O–H groups in total. The summed E-state index contributed by atoms with van der Waals surface area (Å²) in [5.74, 6) is 0.274. The zero-order chi connectivity index (χ0) is 19.3. The number of imidazole rings is 1. The van der Waals surface area contributed by atoms with Gasteiger partial charge in [0.15, 0.2) is 0 Å². The molecular weight excluding hydrogens is 368 g/mol. The van der Waals surface area contributed by atoms with Crippen molar-refractivity contribution in [2.75, 3.05) is 18.6 Å². The molecule has 0 unspecified atom stereocenters. The van der Waals surface area contributed by atoms with Gasteiger partial charge < -0.3 is 4.74 Å². The fourth-order valence-electron chi connectivity index (χ4n) is 2.50. The summed E-state index contributed by atoms with van der Waals surface area (Å²) in [7, 11) is -3.69. The van der Waals surface area contributed by atoms with Crippen LogP contribution < -0.4 is 14.9 Å². The molecule has 0 aliphatic carbocycles. The predicted molar refractivity (Wildman–Crippen MR) is 102 cm³/mol. The summed E-state index contributed by atoms with van der Waals surface area (Å²) in [5.41, 5.74) is 4.20. The smallest absolute Gasteiger partial charge is 0.240 e. The molecule has 0 aliphatic heterocycles. The first kappa shape index (κ1) is 18.9. The number of nitrogens with zero attached hydrogens (tertiary/aromatic N) is 2. The number of hydrogen-bond donors (Lipinski definition) is 2. The van der Waals surface area contributed by atoms with E-state index in [9.17, 15) is 13.2 Å². The quantitative estimate of drug-likeness (QED) is 0.613. The Bertz CT molecular complexity index is 1030. The van der Waals surface area contributed by atoms with Crippen LogP contribution in [0.5, 0.6) is 5.75 Å². The highest BCUT2D eigenvalue weighted by Gasteiger charge is 2.14. The molecule has 3 aromatic rings. The van der Waals surface area contributed by atoms with Crippen LogP contribution in [0.25, 0.3) is 11.0 Å². The molecule has 1 aromatic heterocycles. The molecule has 0 fully saturated rings. The highest BCUT2D eigenvalue weighted by Crippen LogP contribution is 2.15. The number of nitrogens with one attached hydrogen (secondary N) is 2. The van der Waals surface area contributed by atoms with Crippen molar-refractivity contribution < 1.29 is 17.9 Å². The van der Waals surface area contributed by atoms with E-state index < -0.39 is 10.0 Å². The van der Waals surface area contributed by atoms with Gasteiger partial charge in [-0.3, -0.25) is 10.2 Å². The molecule has 142 valence electrons. The van der Waals surface area contributed by atoms with Crippen LogP contribution >= 0.6 is 0 Å². The number of amides is 1. The largest absolute Gasteiger partial charge is 0.494 e. The van der Waals surface area contributed by atoms with Gasteiger partial charge in [-0.15, -0.1) is 0 Å². The van der Waals surface area contributed by atoms with Crippen LogP contribution in [0.4, 0.5) is 0 Å². The van der Waals surface area contributed by atoms with Gasteiger partial charge in [0.1, 0.15) is 12.1 Å². The fraction of sp³-hybridized carbons (Fsp3) is 0.222. The topological polar surface area (TPSA) is 102 Å². The Morgan fingerprint density at radius 2 is 1.89 bits per heavy atom. The predicted octanol–water partition coefficient (Wildman–Crippen LogP) is 1.87. The highest BCUT2D eigenvalue weighted by molar-refractivity contribution is 7.89. The monoisotopic (exact) mass is 388 g/mol. The van der Waals surface area contributed by atoms with Crippen LogP contribution in [0.2, 0.25) is 0 Å². The molecule has 0 saturated heterocycles. The Hall–Kier alpha value is -2.91. The molecule has 0 radical (unpaired) electrons. The third-order valence-corrected chi connectivity index (χ3v) is 5.26. The molecule has 3 rings (SSSR count). The number of aromatic nitrogens is 2. The fourth-order valence-corrected chi connectivity index (χ4v) is 3.53. The summed E-state index contributed by atoms with van der Waals surface area (Å²) in [6.07, 6.45) is 1.50. The number of para-hydroxylation sites is 2.